The molecule has 0 bridgehead atoms. The van der Waals surface area contributed by atoms with E-state index in [0.717, 1.165) is 11.2 Å². The van der Waals surface area contributed by atoms with Crippen LogP contribution in [0.15, 0.2) is 27.5 Å². The zero-order valence-corrected chi connectivity index (χ0v) is 9.50. The molecule has 5 nitrogen and oxygen atoms in total. The van der Waals surface area contributed by atoms with E-state index in [2.05, 4.69) is 10.1 Å². The van der Waals surface area contributed by atoms with Gasteiger partial charge in [-0.3, -0.25) is 4.79 Å². The zero-order chi connectivity index (χ0) is 12.9. The van der Waals surface area contributed by atoms with Crippen LogP contribution in [0.1, 0.15) is 5.69 Å². The van der Waals surface area contributed by atoms with Gasteiger partial charge in [0.25, 0.3) is 0 Å². The van der Waals surface area contributed by atoms with Crippen molar-refractivity contribution >= 4 is 16.6 Å². The number of nitrogens with one attached hydrogen (secondary N) is 2. The molecule has 1 aromatic carbocycles. The van der Waals surface area contributed by atoms with E-state index >= 15 is 0 Å². The lowest BCUT2D eigenvalue weighted by Gasteiger charge is -1.97. The summed E-state index contributed by atoms with van der Waals surface area (Å²) in [6, 6.07) is 4.36. The number of aromatic amines is 2. The fourth-order valence-electron chi connectivity index (χ4n) is 2.09. The van der Waals surface area contributed by atoms with Gasteiger partial charge in [-0.2, -0.15) is 5.16 Å². The second-order valence-electron chi connectivity index (χ2n) is 4.09. The molecular formula is C12H10FN3O2. The van der Waals surface area contributed by atoms with E-state index in [1.54, 1.807) is 13.0 Å². The summed E-state index contributed by atoms with van der Waals surface area (Å²) in [5.74, 6) is -0.131. The number of benzene rings is 1. The fraction of sp³-hybridized carbons (Fsp3) is 0.0833. The van der Waals surface area contributed by atoms with Gasteiger partial charge >= 0.3 is 5.56 Å². The highest BCUT2D eigenvalue weighted by Crippen LogP contribution is 2.34. The number of H-pyrrole nitrogens is 2. The maximum absolute atomic E-state index is 13.3. The monoisotopic (exact) mass is 247 g/mol. The van der Waals surface area contributed by atoms with Crippen molar-refractivity contribution in [2.24, 2.45) is 0 Å². The number of nitrogens with two attached hydrogens (primary N) is 1. The minimum Gasteiger partial charge on any atom is -0.391 e. The SMILES string of the molecule is Cc1[nH]c2ccc(F)cc2c1-c1o[nH]c(=O)c1N. The van der Waals surface area contributed by atoms with E-state index in [4.69, 9.17) is 10.3 Å². The molecule has 92 valence electrons. The molecule has 3 rings (SSSR count). The molecule has 0 spiro atoms. The minimum atomic E-state index is -0.491. The van der Waals surface area contributed by atoms with Crippen molar-refractivity contribution in [3.05, 3.63) is 40.1 Å². The molecule has 0 atom stereocenters. The number of hydrogen-bond acceptors (Lipinski definition) is 3. The van der Waals surface area contributed by atoms with E-state index in [1.165, 1.54) is 12.1 Å². The van der Waals surface area contributed by atoms with Crippen LogP contribution in [0.3, 0.4) is 0 Å². The maximum atomic E-state index is 13.3. The number of aryl methyl sites for hydroxylation is 1. The molecular weight excluding hydrogens is 237 g/mol. The van der Waals surface area contributed by atoms with Crippen molar-refractivity contribution in [3.8, 4) is 11.3 Å². The second kappa shape index (κ2) is 3.49. The number of halogens is 1. The van der Waals surface area contributed by atoms with Crippen LogP contribution in [-0.2, 0) is 0 Å². The first-order valence-corrected chi connectivity index (χ1v) is 5.33. The molecule has 2 heterocycles. The van der Waals surface area contributed by atoms with Crippen molar-refractivity contribution < 1.29 is 8.91 Å². The van der Waals surface area contributed by atoms with Crippen LogP contribution in [0.5, 0.6) is 0 Å². The number of aromatic nitrogens is 2. The Labute approximate surface area is 100 Å². The molecule has 18 heavy (non-hydrogen) atoms. The molecule has 0 aliphatic carbocycles. The predicted molar refractivity (Wildman–Crippen MR) is 65.7 cm³/mol. The van der Waals surface area contributed by atoms with Crippen LogP contribution in [0.2, 0.25) is 0 Å². The molecule has 0 amide bonds. The lowest BCUT2D eigenvalue weighted by molar-refractivity contribution is 0.426. The Bertz CT molecular complexity index is 797. The van der Waals surface area contributed by atoms with Crippen LogP contribution in [0.25, 0.3) is 22.2 Å². The van der Waals surface area contributed by atoms with Gasteiger partial charge in [-0.05, 0) is 25.1 Å². The summed E-state index contributed by atoms with van der Waals surface area (Å²) in [6.45, 7) is 1.81. The predicted octanol–water partition coefficient (Wildman–Crippen LogP) is 2.15. The van der Waals surface area contributed by atoms with Crippen LogP contribution in [0, 0.1) is 12.7 Å². The van der Waals surface area contributed by atoms with Gasteiger partial charge in [0.1, 0.15) is 11.5 Å². The van der Waals surface area contributed by atoms with Gasteiger partial charge in [0.2, 0.25) is 0 Å². The molecule has 3 aromatic rings. The molecule has 0 radical (unpaired) electrons. The molecule has 0 fully saturated rings. The average molecular weight is 247 g/mol. The Balaban J connectivity index is 2.41. The van der Waals surface area contributed by atoms with E-state index < -0.39 is 5.56 Å². The molecule has 4 N–H and O–H groups in total. The fourth-order valence-corrected chi connectivity index (χ4v) is 2.09. The van der Waals surface area contributed by atoms with Crippen molar-refractivity contribution in [1.82, 2.24) is 10.1 Å². The van der Waals surface area contributed by atoms with E-state index in [9.17, 15) is 9.18 Å². The van der Waals surface area contributed by atoms with E-state index in [1.807, 2.05) is 0 Å². The summed E-state index contributed by atoms with van der Waals surface area (Å²) in [4.78, 5) is 14.4. The van der Waals surface area contributed by atoms with Gasteiger partial charge in [0.15, 0.2) is 5.76 Å². The van der Waals surface area contributed by atoms with Gasteiger partial charge in [-0.25, -0.2) is 4.39 Å². The van der Waals surface area contributed by atoms with Crippen LogP contribution >= 0.6 is 0 Å². The topological polar surface area (TPSA) is 87.8 Å². The summed E-state index contributed by atoms with van der Waals surface area (Å²) < 4.78 is 18.4. The van der Waals surface area contributed by atoms with Gasteiger partial charge < -0.3 is 15.2 Å². The molecule has 0 saturated carbocycles. The van der Waals surface area contributed by atoms with E-state index in [0.29, 0.717) is 10.9 Å². The number of rotatable bonds is 1. The molecule has 2 aromatic heterocycles. The maximum Gasteiger partial charge on any atom is 0.303 e. The highest BCUT2D eigenvalue weighted by Gasteiger charge is 2.19. The molecule has 0 aliphatic heterocycles. The Hall–Kier alpha value is -2.50. The summed E-state index contributed by atoms with van der Waals surface area (Å²) in [5.41, 5.74) is 7.25. The second-order valence-corrected chi connectivity index (χ2v) is 4.09. The third-order valence-corrected chi connectivity index (χ3v) is 2.91. The third kappa shape index (κ3) is 1.35. The average Bonchev–Trinajstić information content (AvgIpc) is 2.81. The Morgan fingerprint density at radius 2 is 2.17 bits per heavy atom. The molecule has 0 unspecified atom stereocenters. The Kier molecular flexibility index (Phi) is 2.07. The molecule has 0 saturated heterocycles. The first-order chi connectivity index (χ1) is 8.58. The van der Waals surface area contributed by atoms with Gasteiger partial charge in [-0.1, -0.05) is 0 Å². The highest BCUT2D eigenvalue weighted by molar-refractivity contribution is 5.98. The largest absolute Gasteiger partial charge is 0.391 e. The smallest absolute Gasteiger partial charge is 0.303 e. The van der Waals surface area contributed by atoms with Crippen molar-refractivity contribution in [2.75, 3.05) is 5.73 Å². The molecule has 0 aliphatic rings. The van der Waals surface area contributed by atoms with Gasteiger partial charge in [0.05, 0.1) is 5.56 Å². The number of anilines is 1. The van der Waals surface area contributed by atoms with Crippen LogP contribution in [-0.4, -0.2) is 10.1 Å². The lowest BCUT2D eigenvalue weighted by atomic mass is 10.1. The van der Waals surface area contributed by atoms with Crippen molar-refractivity contribution in [3.63, 3.8) is 0 Å². The Morgan fingerprint density at radius 3 is 2.83 bits per heavy atom. The third-order valence-electron chi connectivity index (χ3n) is 2.91. The normalized spacial score (nSPS) is 11.2. The number of fused-ring (bicyclic) bond motifs is 1. The molecule has 6 heteroatoms. The van der Waals surface area contributed by atoms with Gasteiger partial charge in [0, 0.05) is 16.6 Å². The lowest BCUT2D eigenvalue weighted by Crippen LogP contribution is -2.04. The standard InChI is InChI=1S/C12H10FN3O2/c1-5-9(11-10(14)12(17)16-18-11)7-4-6(13)2-3-8(7)15-5/h2-4,15H,14H2,1H3,(H,16,17). The number of hydrogen-bond donors (Lipinski definition) is 3. The minimum absolute atomic E-state index is 0.0109. The summed E-state index contributed by atoms with van der Waals surface area (Å²) in [7, 11) is 0. The summed E-state index contributed by atoms with van der Waals surface area (Å²) >= 11 is 0. The highest BCUT2D eigenvalue weighted by atomic mass is 19.1. The summed E-state index contributed by atoms with van der Waals surface area (Å²) in [5, 5.41) is 2.80. The number of nitrogen functional groups attached to an aromatic ring is 1. The summed E-state index contributed by atoms with van der Waals surface area (Å²) in [6.07, 6.45) is 0. The van der Waals surface area contributed by atoms with Crippen molar-refractivity contribution in [1.29, 1.82) is 0 Å². The first-order valence-electron chi connectivity index (χ1n) is 5.33. The first kappa shape index (κ1) is 10.6. The van der Waals surface area contributed by atoms with Crippen LogP contribution < -0.4 is 11.3 Å². The van der Waals surface area contributed by atoms with Crippen LogP contribution in [0.4, 0.5) is 10.1 Å². The van der Waals surface area contributed by atoms with Crippen molar-refractivity contribution in [2.45, 2.75) is 6.92 Å². The Morgan fingerprint density at radius 1 is 1.39 bits per heavy atom. The van der Waals surface area contributed by atoms with Gasteiger partial charge in [-0.15, -0.1) is 0 Å². The zero-order valence-electron chi connectivity index (χ0n) is 9.50. The quantitative estimate of drug-likeness (QED) is 0.615. The van der Waals surface area contributed by atoms with E-state index in [-0.39, 0.29) is 17.3 Å².